The normalized spacial score (nSPS) is 13.0. The van der Waals surface area contributed by atoms with E-state index in [-0.39, 0.29) is 24.3 Å². The predicted octanol–water partition coefficient (Wildman–Crippen LogP) is -1.14. The molecule has 2 aromatic rings. The topological polar surface area (TPSA) is 228 Å². The summed E-state index contributed by atoms with van der Waals surface area (Å²) in [5, 5.41) is 43.8. The first-order chi connectivity index (χ1) is 17.4. The molecule has 0 aliphatic heterocycles. The number of benzene rings is 2. The predicted molar refractivity (Wildman–Crippen MR) is 128 cm³/mol. The van der Waals surface area contributed by atoms with Gasteiger partial charge in [0.25, 0.3) is 0 Å². The highest BCUT2D eigenvalue weighted by Crippen LogP contribution is 2.14. The first kappa shape index (κ1) is 28.6. The number of carbonyl (C=O) groups excluding carboxylic acids is 3. The van der Waals surface area contributed by atoms with Gasteiger partial charge in [0, 0.05) is 12.8 Å². The lowest BCUT2D eigenvalue weighted by molar-refractivity contribution is -0.139. The maximum Gasteiger partial charge on any atom is 0.322 e. The Hall–Kier alpha value is -4.65. The van der Waals surface area contributed by atoms with E-state index in [4.69, 9.17) is 15.9 Å². The maximum absolute atomic E-state index is 13.2. The fourth-order valence-corrected chi connectivity index (χ4v) is 3.27. The number of amides is 3. The molecule has 0 heterocycles. The van der Waals surface area contributed by atoms with Gasteiger partial charge in [0.1, 0.15) is 30.1 Å². The van der Waals surface area contributed by atoms with Crippen LogP contribution in [0.15, 0.2) is 48.5 Å². The fraction of sp³-hybridized carbons (Fsp3) is 0.292. The Labute approximate surface area is 211 Å². The maximum atomic E-state index is 13.2. The van der Waals surface area contributed by atoms with Gasteiger partial charge in [0.15, 0.2) is 0 Å². The molecular weight excluding hydrogens is 488 g/mol. The van der Waals surface area contributed by atoms with Crippen molar-refractivity contribution in [1.29, 1.82) is 0 Å². The Morgan fingerprint density at radius 3 is 1.54 bits per heavy atom. The van der Waals surface area contributed by atoms with Crippen molar-refractivity contribution in [2.24, 2.45) is 5.73 Å². The average molecular weight is 517 g/mol. The van der Waals surface area contributed by atoms with E-state index in [2.05, 4.69) is 16.0 Å². The Balaban J connectivity index is 2.27. The standard InChI is InChI=1S/C24H28N4O9/c25-17(11-20(31)32)22(35)27-19(10-14-3-7-16(30)8-4-14)24(37)28-18(23(36)26-12-21(33)34)9-13-1-5-15(29)6-2-13/h1-8,17-19,29-30H,9-12,25H2,(H,26,36)(H,27,35)(H,28,37)(H,31,32)(H,33,34). The van der Waals surface area contributed by atoms with Crippen molar-refractivity contribution in [2.45, 2.75) is 37.4 Å². The minimum absolute atomic E-state index is 0.0194. The largest absolute Gasteiger partial charge is 0.508 e. The van der Waals surface area contributed by atoms with E-state index in [9.17, 15) is 34.2 Å². The lowest BCUT2D eigenvalue weighted by Crippen LogP contribution is -2.57. The molecule has 13 heteroatoms. The monoisotopic (exact) mass is 516 g/mol. The van der Waals surface area contributed by atoms with Gasteiger partial charge in [-0.25, -0.2) is 0 Å². The zero-order valence-corrected chi connectivity index (χ0v) is 19.6. The first-order valence-electron chi connectivity index (χ1n) is 11.1. The molecule has 0 aliphatic rings. The summed E-state index contributed by atoms with van der Waals surface area (Å²) in [6, 6.07) is 7.53. The van der Waals surface area contributed by atoms with Gasteiger partial charge in [0.2, 0.25) is 17.7 Å². The van der Waals surface area contributed by atoms with Crippen molar-refractivity contribution in [3.63, 3.8) is 0 Å². The van der Waals surface area contributed by atoms with E-state index in [1.165, 1.54) is 48.5 Å². The Kier molecular flexibility index (Phi) is 10.4. The van der Waals surface area contributed by atoms with E-state index in [1.54, 1.807) is 0 Å². The van der Waals surface area contributed by atoms with Gasteiger partial charge in [0.05, 0.1) is 12.5 Å². The van der Waals surface area contributed by atoms with Gasteiger partial charge in [-0.2, -0.15) is 0 Å². The van der Waals surface area contributed by atoms with Crippen LogP contribution in [0.5, 0.6) is 11.5 Å². The van der Waals surface area contributed by atoms with Crippen LogP contribution in [0.25, 0.3) is 0 Å². The lowest BCUT2D eigenvalue weighted by Gasteiger charge is -2.24. The summed E-state index contributed by atoms with van der Waals surface area (Å²) in [6.45, 7) is -0.696. The first-order valence-corrected chi connectivity index (χ1v) is 11.1. The van der Waals surface area contributed by atoms with Crippen molar-refractivity contribution in [1.82, 2.24) is 16.0 Å². The molecule has 9 N–H and O–H groups in total. The van der Waals surface area contributed by atoms with Crippen LogP contribution >= 0.6 is 0 Å². The van der Waals surface area contributed by atoms with Crippen LogP contribution in [0.2, 0.25) is 0 Å². The van der Waals surface area contributed by atoms with Crippen LogP contribution < -0.4 is 21.7 Å². The van der Waals surface area contributed by atoms with E-state index in [0.717, 1.165) is 0 Å². The van der Waals surface area contributed by atoms with Gasteiger partial charge >= 0.3 is 11.9 Å². The molecule has 3 unspecified atom stereocenters. The van der Waals surface area contributed by atoms with Gasteiger partial charge in [-0.15, -0.1) is 0 Å². The number of nitrogens with two attached hydrogens (primary N) is 1. The van der Waals surface area contributed by atoms with Crippen molar-refractivity contribution < 1.29 is 44.4 Å². The summed E-state index contributed by atoms with van der Waals surface area (Å²) >= 11 is 0. The Morgan fingerprint density at radius 1 is 0.676 bits per heavy atom. The van der Waals surface area contributed by atoms with Gasteiger partial charge < -0.3 is 42.1 Å². The highest BCUT2D eigenvalue weighted by Gasteiger charge is 2.29. The van der Waals surface area contributed by atoms with E-state index >= 15 is 0 Å². The number of hydrogen-bond donors (Lipinski definition) is 8. The molecular formula is C24H28N4O9. The number of phenolic OH excluding ortho intramolecular Hbond substituents is 2. The van der Waals surface area contributed by atoms with Crippen LogP contribution in [0.1, 0.15) is 17.5 Å². The molecule has 0 fully saturated rings. The molecule has 0 saturated carbocycles. The summed E-state index contributed by atoms with van der Waals surface area (Å²) in [4.78, 5) is 60.2. The summed E-state index contributed by atoms with van der Waals surface area (Å²) < 4.78 is 0. The SMILES string of the molecule is NC(CC(=O)O)C(=O)NC(Cc1ccc(O)cc1)C(=O)NC(Cc1ccc(O)cc1)C(=O)NCC(=O)O. The number of carboxylic acid groups (broad SMARTS) is 2. The minimum atomic E-state index is -1.45. The number of aromatic hydroxyl groups is 2. The molecule has 0 saturated heterocycles. The minimum Gasteiger partial charge on any atom is -0.508 e. The molecule has 0 spiro atoms. The number of carbonyl (C=O) groups is 5. The molecule has 2 aromatic carbocycles. The smallest absolute Gasteiger partial charge is 0.322 e. The van der Waals surface area contributed by atoms with E-state index in [0.29, 0.717) is 11.1 Å². The number of phenols is 2. The second-order valence-corrected chi connectivity index (χ2v) is 8.18. The highest BCUT2D eigenvalue weighted by molar-refractivity contribution is 5.94. The van der Waals surface area contributed by atoms with Crippen molar-refractivity contribution >= 4 is 29.7 Å². The molecule has 2 rings (SSSR count). The summed E-state index contributed by atoms with van der Waals surface area (Å²) in [7, 11) is 0. The zero-order valence-electron chi connectivity index (χ0n) is 19.6. The molecule has 0 aromatic heterocycles. The molecule has 0 aliphatic carbocycles. The Bertz CT molecular complexity index is 1120. The van der Waals surface area contributed by atoms with Crippen molar-refractivity contribution in [2.75, 3.05) is 6.54 Å². The lowest BCUT2D eigenvalue weighted by atomic mass is 10.0. The van der Waals surface area contributed by atoms with Crippen molar-refractivity contribution in [3.05, 3.63) is 59.7 Å². The number of rotatable bonds is 13. The van der Waals surface area contributed by atoms with E-state index < -0.39 is 60.8 Å². The third kappa shape index (κ3) is 9.85. The summed E-state index contributed by atoms with van der Waals surface area (Å²) in [6.07, 6.45) is -0.851. The van der Waals surface area contributed by atoms with Crippen molar-refractivity contribution in [3.8, 4) is 11.5 Å². The van der Waals surface area contributed by atoms with Gasteiger partial charge in [-0.1, -0.05) is 24.3 Å². The van der Waals surface area contributed by atoms with Gasteiger partial charge in [-0.3, -0.25) is 24.0 Å². The van der Waals surface area contributed by atoms with Crippen LogP contribution in [0.3, 0.4) is 0 Å². The second-order valence-electron chi connectivity index (χ2n) is 8.18. The molecule has 13 nitrogen and oxygen atoms in total. The number of aliphatic carboxylic acids is 2. The average Bonchev–Trinajstić information content (AvgIpc) is 2.83. The summed E-state index contributed by atoms with van der Waals surface area (Å²) in [5.74, 6) is -5.19. The molecule has 37 heavy (non-hydrogen) atoms. The van der Waals surface area contributed by atoms with Gasteiger partial charge in [-0.05, 0) is 35.4 Å². The third-order valence-corrected chi connectivity index (χ3v) is 5.16. The van der Waals surface area contributed by atoms with Crippen LogP contribution in [-0.4, -0.2) is 74.8 Å². The fourth-order valence-electron chi connectivity index (χ4n) is 3.27. The third-order valence-electron chi connectivity index (χ3n) is 5.16. The molecule has 3 amide bonds. The highest BCUT2D eigenvalue weighted by atomic mass is 16.4. The number of nitrogens with one attached hydrogen (secondary N) is 3. The van der Waals surface area contributed by atoms with E-state index in [1.807, 2.05) is 0 Å². The number of hydrogen-bond acceptors (Lipinski definition) is 8. The zero-order chi connectivity index (χ0) is 27.5. The van der Waals surface area contributed by atoms with Crippen LogP contribution in [-0.2, 0) is 36.8 Å². The quantitative estimate of drug-likeness (QED) is 0.159. The molecule has 0 radical (unpaired) electrons. The van der Waals surface area contributed by atoms with Crippen LogP contribution in [0, 0.1) is 0 Å². The second kappa shape index (κ2) is 13.4. The molecule has 0 bridgehead atoms. The van der Waals surface area contributed by atoms with Crippen LogP contribution in [0.4, 0.5) is 0 Å². The Morgan fingerprint density at radius 2 is 1.11 bits per heavy atom. The summed E-state index contributed by atoms with van der Waals surface area (Å²) in [5.41, 5.74) is 6.68. The number of carboxylic acids is 2. The molecule has 3 atom stereocenters. The molecule has 198 valence electrons.